The molecule has 0 atom stereocenters. The summed E-state index contributed by atoms with van der Waals surface area (Å²) >= 11 is 0. The number of ether oxygens (including phenoxy) is 1. The minimum Gasteiger partial charge on any atom is -0.482 e. The van der Waals surface area contributed by atoms with E-state index in [1.165, 1.54) is 5.56 Å². The molecule has 0 aromatic heterocycles. The van der Waals surface area contributed by atoms with E-state index in [2.05, 4.69) is 61.2 Å². The number of likely N-dealkylation sites (tertiary alicyclic amines) is 1. The molecule has 0 N–H and O–H groups in total. The summed E-state index contributed by atoms with van der Waals surface area (Å²) in [4.78, 5) is 2.54. The van der Waals surface area contributed by atoms with Gasteiger partial charge >= 0.3 is 0 Å². The lowest BCUT2D eigenvalue weighted by Gasteiger charge is -2.43. The van der Waals surface area contributed by atoms with E-state index in [9.17, 15) is 0 Å². The van der Waals surface area contributed by atoms with Crippen molar-refractivity contribution in [2.24, 2.45) is 0 Å². The highest BCUT2D eigenvalue weighted by Crippen LogP contribution is 2.38. The SMILES string of the molecule is CC(C)N1CCC(Oc2ccccc2)(c2ccccc2)CC1. The molecule has 2 heteroatoms. The van der Waals surface area contributed by atoms with Crippen molar-refractivity contribution in [3.05, 3.63) is 66.2 Å². The molecule has 1 fully saturated rings. The van der Waals surface area contributed by atoms with Crippen LogP contribution in [0.2, 0.25) is 0 Å². The van der Waals surface area contributed by atoms with E-state index < -0.39 is 0 Å². The van der Waals surface area contributed by atoms with Gasteiger partial charge in [0.25, 0.3) is 0 Å². The fourth-order valence-corrected chi connectivity index (χ4v) is 3.31. The second-order valence-corrected chi connectivity index (χ2v) is 6.41. The molecular formula is C20H25NO. The van der Waals surface area contributed by atoms with E-state index in [0.717, 1.165) is 31.7 Å². The standard InChI is InChI=1S/C20H25NO/c1-17(2)21-15-13-20(14-16-21,18-9-5-3-6-10-18)22-19-11-7-4-8-12-19/h3-12,17H,13-16H2,1-2H3. The van der Waals surface area contributed by atoms with Crippen molar-refractivity contribution in [1.29, 1.82) is 0 Å². The van der Waals surface area contributed by atoms with E-state index in [1.54, 1.807) is 0 Å². The zero-order valence-electron chi connectivity index (χ0n) is 13.5. The van der Waals surface area contributed by atoms with Crippen LogP contribution in [0, 0.1) is 0 Å². The van der Waals surface area contributed by atoms with Crippen molar-refractivity contribution in [3.63, 3.8) is 0 Å². The summed E-state index contributed by atoms with van der Waals surface area (Å²) in [6, 6.07) is 21.5. The number of hydrogen-bond donors (Lipinski definition) is 0. The smallest absolute Gasteiger partial charge is 0.136 e. The first-order valence-electron chi connectivity index (χ1n) is 8.23. The molecule has 116 valence electrons. The third-order valence-electron chi connectivity index (χ3n) is 4.69. The minimum atomic E-state index is -0.200. The van der Waals surface area contributed by atoms with Gasteiger partial charge in [0.1, 0.15) is 11.4 Å². The van der Waals surface area contributed by atoms with Crippen LogP contribution in [-0.4, -0.2) is 24.0 Å². The lowest BCUT2D eigenvalue weighted by atomic mass is 9.83. The van der Waals surface area contributed by atoms with E-state index in [4.69, 9.17) is 4.74 Å². The van der Waals surface area contributed by atoms with Gasteiger partial charge in [0.2, 0.25) is 0 Å². The lowest BCUT2D eigenvalue weighted by Crippen LogP contribution is -2.48. The Labute approximate surface area is 133 Å². The predicted octanol–water partition coefficient (Wildman–Crippen LogP) is 4.47. The summed E-state index contributed by atoms with van der Waals surface area (Å²) in [6.07, 6.45) is 2.06. The Morgan fingerprint density at radius 1 is 0.864 bits per heavy atom. The molecule has 3 rings (SSSR count). The van der Waals surface area contributed by atoms with Gasteiger partial charge in [-0.2, -0.15) is 0 Å². The fraction of sp³-hybridized carbons (Fsp3) is 0.400. The topological polar surface area (TPSA) is 12.5 Å². The first-order valence-corrected chi connectivity index (χ1v) is 8.23. The molecule has 0 radical (unpaired) electrons. The molecule has 1 aliphatic rings. The summed E-state index contributed by atoms with van der Waals surface area (Å²) in [6.45, 7) is 6.71. The van der Waals surface area contributed by atoms with E-state index in [-0.39, 0.29) is 5.60 Å². The first kappa shape index (κ1) is 15.1. The first-order chi connectivity index (χ1) is 10.7. The van der Waals surface area contributed by atoms with Crippen LogP contribution in [0.15, 0.2) is 60.7 Å². The molecule has 0 saturated carbocycles. The molecule has 0 unspecified atom stereocenters. The zero-order chi connectivity index (χ0) is 15.4. The van der Waals surface area contributed by atoms with Crippen molar-refractivity contribution in [2.45, 2.75) is 38.3 Å². The van der Waals surface area contributed by atoms with Gasteiger partial charge in [-0.15, -0.1) is 0 Å². The normalized spacial score (nSPS) is 18.3. The maximum atomic E-state index is 6.53. The number of hydrogen-bond acceptors (Lipinski definition) is 2. The molecular weight excluding hydrogens is 270 g/mol. The summed E-state index contributed by atoms with van der Waals surface area (Å²) in [5, 5.41) is 0. The predicted molar refractivity (Wildman–Crippen MR) is 91.1 cm³/mol. The average molecular weight is 295 g/mol. The second-order valence-electron chi connectivity index (χ2n) is 6.41. The third-order valence-corrected chi connectivity index (χ3v) is 4.69. The van der Waals surface area contributed by atoms with Crippen molar-refractivity contribution >= 4 is 0 Å². The number of rotatable bonds is 4. The lowest BCUT2D eigenvalue weighted by molar-refractivity contribution is -0.0106. The van der Waals surface area contributed by atoms with Crippen LogP contribution in [0.4, 0.5) is 0 Å². The van der Waals surface area contributed by atoms with Gasteiger partial charge in [0.05, 0.1) is 0 Å². The maximum absolute atomic E-state index is 6.53. The van der Waals surface area contributed by atoms with Gasteiger partial charge in [-0.05, 0) is 31.5 Å². The van der Waals surface area contributed by atoms with Gasteiger partial charge in [0.15, 0.2) is 0 Å². The van der Waals surface area contributed by atoms with Crippen LogP contribution < -0.4 is 4.74 Å². The van der Waals surface area contributed by atoms with Crippen LogP contribution in [0.3, 0.4) is 0 Å². The molecule has 2 aromatic carbocycles. The Morgan fingerprint density at radius 3 is 1.95 bits per heavy atom. The van der Waals surface area contributed by atoms with Crippen LogP contribution in [0.25, 0.3) is 0 Å². The molecule has 2 aromatic rings. The highest BCUT2D eigenvalue weighted by Gasteiger charge is 2.38. The van der Waals surface area contributed by atoms with Gasteiger partial charge in [-0.3, -0.25) is 0 Å². The number of benzene rings is 2. The van der Waals surface area contributed by atoms with Crippen molar-refractivity contribution in [3.8, 4) is 5.75 Å². The molecule has 0 amide bonds. The number of nitrogens with zero attached hydrogens (tertiary/aromatic N) is 1. The quantitative estimate of drug-likeness (QED) is 0.825. The Bertz CT molecular complexity index is 571. The Balaban J connectivity index is 1.87. The Kier molecular flexibility index (Phi) is 4.49. The average Bonchev–Trinajstić information content (AvgIpc) is 2.57. The summed E-state index contributed by atoms with van der Waals surface area (Å²) in [7, 11) is 0. The van der Waals surface area contributed by atoms with Crippen LogP contribution in [0.5, 0.6) is 5.75 Å². The van der Waals surface area contributed by atoms with Gasteiger partial charge < -0.3 is 9.64 Å². The fourth-order valence-electron chi connectivity index (χ4n) is 3.31. The summed E-state index contributed by atoms with van der Waals surface area (Å²) in [5.41, 5.74) is 1.09. The zero-order valence-corrected chi connectivity index (χ0v) is 13.5. The van der Waals surface area contributed by atoms with E-state index >= 15 is 0 Å². The molecule has 0 spiro atoms. The molecule has 1 aliphatic heterocycles. The van der Waals surface area contributed by atoms with Crippen LogP contribution >= 0.6 is 0 Å². The molecule has 0 bridgehead atoms. The Morgan fingerprint density at radius 2 is 1.41 bits per heavy atom. The van der Waals surface area contributed by atoms with E-state index in [1.807, 2.05) is 18.2 Å². The third kappa shape index (κ3) is 3.17. The molecule has 1 heterocycles. The molecule has 1 saturated heterocycles. The van der Waals surface area contributed by atoms with Crippen molar-refractivity contribution in [2.75, 3.05) is 13.1 Å². The minimum absolute atomic E-state index is 0.200. The maximum Gasteiger partial charge on any atom is 0.136 e. The second kappa shape index (κ2) is 6.53. The molecule has 0 aliphatic carbocycles. The van der Waals surface area contributed by atoms with Crippen LogP contribution in [-0.2, 0) is 5.60 Å². The molecule has 2 nitrogen and oxygen atoms in total. The van der Waals surface area contributed by atoms with Crippen LogP contribution in [0.1, 0.15) is 32.3 Å². The largest absolute Gasteiger partial charge is 0.482 e. The highest BCUT2D eigenvalue weighted by atomic mass is 16.5. The van der Waals surface area contributed by atoms with Gasteiger partial charge in [-0.1, -0.05) is 48.5 Å². The number of piperidine rings is 1. The van der Waals surface area contributed by atoms with Gasteiger partial charge in [-0.25, -0.2) is 0 Å². The number of para-hydroxylation sites is 1. The summed E-state index contributed by atoms with van der Waals surface area (Å²) < 4.78 is 6.53. The monoisotopic (exact) mass is 295 g/mol. The summed E-state index contributed by atoms with van der Waals surface area (Å²) in [5.74, 6) is 0.962. The molecule has 22 heavy (non-hydrogen) atoms. The highest BCUT2D eigenvalue weighted by molar-refractivity contribution is 5.28. The van der Waals surface area contributed by atoms with Gasteiger partial charge in [0, 0.05) is 32.0 Å². The van der Waals surface area contributed by atoms with E-state index in [0.29, 0.717) is 6.04 Å². The Hall–Kier alpha value is -1.80. The van der Waals surface area contributed by atoms with Crippen molar-refractivity contribution < 1.29 is 4.74 Å². The van der Waals surface area contributed by atoms with Crippen molar-refractivity contribution in [1.82, 2.24) is 4.90 Å².